The van der Waals surface area contributed by atoms with Crippen molar-refractivity contribution in [1.82, 2.24) is 20.2 Å². The van der Waals surface area contributed by atoms with Gasteiger partial charge in [-0.2, -0.15) is 5.10 Å². The summed E-state index contributed by atoms with van der Waals surface area (Å²) in [5.74, 6) is 0.652. The van der Waals surface area contributed by atoms with E-state index in [0.29, 0.717) is 0 Å². The number of amides is 1. The normalized spacial score (nSPS) is 11.4. The van der Waals surface area contributed by atoms with Crippen LogP contribution < -0.4 is 5.32 Å². The number of nitrogens with one attached hydrogen (secondary N) is 3. The summed E-state index contributed by atoms with van der Waals surface area (Å²) in [4.78, 5) is 19.7. The summed E-state index contributed by atoms with van der Waals surface area (Å²) < 4.78 is 0. The van der Waals surface area contributed by atoms with E-state index in [4.69, 9.17) is 4.98 Å². The molecule has 0 atom stereocenters. The van der Waals surface area contributed by atoms with Crippen LogP contribution in [-0.2, 0) is 4.79 Å². The third-order valence-corrected chi connectivity index (χ3v) is 5.72. The first-order valence-electron chi connectivity index (χ1n) is 10.4. The van der Waals surface area contributed by atoms with Gasteiger partial charge in [0.2, 0.25) is 5.91 Å². The Morgan fingerprint density at radius 1 is 0.844 bits per heavy atom. The maximum atomic E-state index is 11.6. The Morgan fingerprint density at radius 2 is 1.69 bits per heavy atom. The Balaban J connectivity index is 1.53. The van der Waals surface area contributed by atoms with E-state index in [1.54, 1.807) is 0 Å². The fourth-order valence-corrected chi connectivity index (χ4v) is 4.29. The molecule has 6 rings (SSSR count). The number of hydrogen-bond acceptors (Lipinski definition) is 3. The van der Waals surface area contributed by atoms with E-state index in [0.717, 1.165) is 61.0 Å². The minimum Gasteiger partial charge on any atom is -0.337 e. The van der Waals surface area contributed by atoms with Crippen molar-refractivity contribution in [2.45, 2.75) is 6.92 Å². The largest absolute Gasteiger partial charge is 0.337 e. The van der Waals surface area contributed by atoms with E-state index >= 15 is 0 Å². The SMILES string of the molecule is CC(=O)Nc1cccc2c(-c3ccc4[nH]nc(-c5nc6ccccc6[nH]5)c4c3)cccc12. The highest BCUT2D eigenvalue weighted by Gasteiger charge is 2.14. The fraction of sp³-hybridized carbons (Fsp3) is 0.0385. The zero-order valence-electron chi connectivity index (χ0n) is 17.3. The van der Waals surface area contributed by atoms with Crippen molar-refractivity contribution in [3.05, 3.63) is 78.9 Å². The maximum absolute atomic E-state index is 11.6. The number of aromatic amines is 2. The van der Waals surface area contributed by atoms with Crippen molar-refractivity contribution in [2.75, 3.05) is 5.32 Å². The van der Waals surface area contributed by atoms with Crippen LogP contribution in [0, 0.1) is 0 Å². The molecule has 1 amide bonds. The monoisotopic (exact) mass is 417 g/mol. The molecule has 6 heteroatoms. The number of carbonyl (C=O) groups excluding carboxylic acids is 1. The number of fused-ring (bicyclic) bond motifs is 3. The van der Waals surface area contributed by atoms with Crippen LogP contribution in [0.15, 0.2) is 78.9 Å². The van der Waals surface area contributed by atoms with E-state index in [1.807, 2.05) is 54.6 Å². The van der Waals surface area contributed by atoms with E-state index in [2.05, 4.69) is 44.8 Å². The molecule has 0 radical (unpaired) electrons. The molecule has 6 nitrogen and oxygen atoms in total. The lowest BCUT2D eigenvalue weighted by molar-refractivity contribution is -0.114. The van der Waals surface area contributed by atoms with Crippen LogP contribution in [0.25, 0.3) is 55.4 Å². The summed E-state index contributed by atoms with van der Waals surface area (Å²) in [6.07, 6.45) is 0. The molecule has 0 saturated heterocycles. The van der Waals surface area contributed by atoms with Crippen molar-refractivity contribution in [3.63, 3.8) is 0 Å². The van der Waals surface area contributed by atoms with Gasteiger partial charge in [0, 0.05) is 23.4 Å². The standard InChI is InChI=1S/C26H19N5O/c1-15(32)27-21-11-5-7-18-17(6-4-8-19(18)21)16-12-13-22-20(14-16)25(31-30-22)26-28-23-9-2-3-10-24(23)29-26/h2-14H,1H3,(H,27,32)(H,28,29)(H,30,31). The van der Waals surface area contributed by atoms with Crippen molar-refractivity contribution >= 4 is 44.3 Å². The number of nitrogens with zero attached hydrogens (tertiary/aromatic N) is 2. The first-order valence-corrected chi connectivity index (χ1v) is 10.4. The second-order valence-electron chi connectivity index (χ2n) is 7.82. The summed E-state index contributed by atoms with van der Waals surface area (Å²) in [5.41, 5.74) is 6.60. The van der Waals surface area contributed by atoms with Crippen LogP contribution in [0.2, 0.25) is 0 Å². The van der Waals surface area contributed by atoms with Gasteiger partial charge in [0.25, 0.3) is 0 Å². The Hall–Kier alpha value is -4.45. The van der Waals surface area contributed by atoms with Crippen LogP contribution >= 0.6 is 0 Å². The number of anilines is 1. The average molecular weight is 417 g/mol. The molecule has 0 saturated carbocycles. The molecular formula is C26H19N5O. The van der Waals surface area contributed by atoms with E-state index in [1.165, 1.54) is 6.92 Å². The molecular weight excluding hydrogens is 398 g/mol. The van der Waals surface area contributed by atoms with Crippen LogP contribution in [-0.4, -0.2) is 26.1 Å². The summed E-state index contributed by atoms with van der Waals surface area (Å²) in [6, 6.07) is 26.3. The molecule has 0 fully saturated rings. The smallest absolute Gasteiger partial charge is 0.221 e. The lowest BCUT2D eigenvalue weighted by Gasteiger charge is -2.11. The zero-order chi connectivity index (χ0) is 21.7. The molecule has 32 heavy (non-hydrogen) atoms. The van der Waals surface area contributed by atoms with Gasteiger partial charge >= 0.3 is 0 Å². The first kappa shape index (κ1) is 18.3. The fourth-order valence-electron chi connectivity index (χ4n) is 4.29. The first-order chi connectivity index (χ1) is 15.7. The number of rotatable bonds is 3. The molecule has 0 aliphatic rings. The Labute approximate surface area is 183 Å². The van der Waals surface area contributed by atoms with Gasteiger partial charge in [-0.1, -0.05) is 48.5 Å². The molecule has 0 bridgehead atoms. The van der Waals surface area contributed by atoms with Gasteiger partial charge in [0.05, 0.1) is 16.6 Å². The summed E-state index contributed by atoms with van der Waals surface area (Å²) in [6.45, 7) is 1.52. The molecule has 154 valence electrons. The van der Waals surface area contributed by atoms with Gasteiger partial charge in [-0.05, 0) is 46.8 Å². The topological polar surface area (TPSA) is 86.5 Å². The van der Waals surface area contributed by atoms with Crippen molar-refractivity contribution in [1.29, 1.82) is 0 Å². The quantitative estimate of drug-likeness (QED) is 0.336. The molecule has 4 aromatic carbocycles. The molecule has 2 heterocycles. The van der Waals surface area contributed by atoms with Crippen LogP contribution in [0.4, 0.5) is 5.69 Å². The Morgan fingerprint density at radius 3 is 2.56 bits per heavy atom. The number of para-hydroxylation sites is 2. The van der Waals surface area contributed by atoms with Gasteiger partial charge in [0.15, 0.2) is 5.82 Å². The van der Waals surface area contributed by atoms with Crippen molar-refractivity contribution < 1.29 is 4.79 Å². The highest BCUT2D eigenvalue weighted by Crippen LogP contribution is 2.35. The Kier molecular flexibility index (Phi) is 4.04. The Bertz CT molecular complexity index is 1610. The van der Waals surface area contributed by atoms with Gasteiger partial charge in [-0.25, -0.2) is 4.98 Å². The third kappa shape index (κ3) is 2.93. The number of imidazole rings is 1. The molecule has 2 aromatic heterocycles. The lowest BCUT2D eigenvalue weighted by atomic mass is 9.96. The van der Waals surface area contributed by atoms with Crippen molar-refractivity contribution in [2.24, 2.45) is 0 Å². The highest BCUT2D eigenvalue weighted by molar-refractivity contribution is 6.07. The number of H-pyrrole nitrogens is 2. The van der Waals surface area contributed by atoms with Crippen LogP contribution in [0.1, 0.15) is 6.92 Å². The van der Waals surface area contributed by atoms with E-state index in [-0.39, 0.29) is 5.91 Å². The average Bonchev–Trinajstić information content (AvgIpc) is 3.42. The lowest BCUT2D eigenvalue weighted by Crippen LogP contribution is -2.06. The molecule has 0 aliphatic carbocycles. The molecule has 3 N–H and O–H groups in total. The maximum Gasteiger partial charge on any atom is 0.221 e. The summed E-state index contributed by atoms with van der Waals surface area (Å²) in [5, 5.41) is 13.7. The number of hydrogen-bond donors (Lipinski definition) is 3. The second-order valence-corrected chi connectivity index (χ2v) is 7.82. The molecule has 0 aliphatic heterocycles. The molecule has 0 spiro atoms. The van der Waals surface area contributed by atoms with Gasteiger partial charge in [-0.15, -0.1) is 0 Å². The predicted molar refractivity (Wildman–Crippen MR) is 128 cm³/mol. The zero-order valence-corrected chi connectivity index (χ0v) is 17.3. The predicted octanol–water partition coefficient (Wildman–Crippen LogP) is 5.88. The van der Waals surface area contributed by atoms with Crippen molar-refractivity contribution in [3.8, 4) is 22.6 Å². The van der Waals surface area contributed by atoms with E-state index in [9.17, 15) is 4.79 Å². The number of aromatic nitrogens is 4. The molecule has 0 unspecified atom stereocenters. The highest BCUT2D eigenvalue weighted by atomic mass is 16.1. The van der Waals surface area contributed by atoms with Crippen LogP contribution in [0.5, 0.6) is 0 Å². The van der Waals surface area contributed by atoms with Gasteiger partial charge in [-0.3, -0.25) is 9.89 Å². The molecule has 6 aromatic rings. The number of benzene rings is 4. The van der Waals surface area contributed by atoms with E-state index < -0.39 is 0 Å². The minimum atomic E-state index is -0.0850. The second kappa shape index (κ2) is 7.06. The number of carbonyl (C=O) groups is 1. The van der Waals surface area contributed by atoms with Gasteiger partial charge in [0.1, 0.15) is 5.69 Å². The summed E-state index contributed by atoms with van der Waals surface area (Å²) >= 11 is 0. The summed E-state index contributed by atoms with van der Waals surface area (Å²) in [7, 11) is 0. The van der Waals surface area contributed by atoms with Gasteiger partial charge < -0.3 is 10.3 Å². The third-order valence-electron chi connectivity index (χ3n) is 5.72. The van der Waals surface area contributed by atoms with Crippen LogP contribution in [0.3, 0.4) is 0 Å². The minimum absolute atomic E-state index is 0.0850.